The Balaban J connectivity index is 1.96. The Morgan fingerprint density at radius 2 is 2.00 bits per heavy atom. The van der Waals surface area contributed by atoms with Crippen LogP contribution in [0.1, 0.15) is 21.7 Å². The largest absolute Gasteiger partial charge is 0.466 e. The van der Waals surface area contributed by atoms with E-state index in [0.29, 0.717) is 5.69 Å². The van der Waals surface area contributed by atoms with E-state index in [-0.39, 0.29) is 17.8 Å². The molecule has 10 heteroatoms. The van der Waals surface area contributed by atoms with Gasteiger partial charge in [-0.05, 0) is 24.6 Å². The number of carbonyl (C=O) groups excluding carboxylic acids is 1. The lowest BCUT2D eigenvalue weighted by Crippen LogP contribution is -2.24. The van der Waals surface area contributed by atoms with Gasteiger partial charge in [-0.2, -0.15) is 13.2 Å². The number of halogens is 4. The van der Waals surface area contributed by atoms with Crippen LogP contribution in [0, 0.1) is 12.7 Å². The van der Waals surface area contributed by atoms with Crippen molar-refractivity contribution >= 4 is 5.91 Å². The summed E-state index contributed by atoms with van der Waals surface area (Å²) < 4.78 is 53.9. The first-order chi connectivity index (χ1) is 11.2. The van der Waals surface area contributed by atoms with Crippen molar-refractivity contribution in [2.45, 2.75) is 19.6 Å². The van der Waals surface area contributed by atoms with Crippen LogP contribution in [0.15, 0.2) is 24.7 Å². The van der Waals surface area contributed by atoms with Crippen molar-refractivity contribution in [2.24, 2.45) is 0 Å². The third-order valence-electron chi connectivity index (χ3n) is 2.73. The van der Waals surface area contributed by atoms with E-state index in [1.54, 1.807) is 6.92 Å². The van der Waals surface area contributed by atoms with Crippen LogP contribution < -0.4 is 10.1 Å². The number of aryl methyl sites for hydroxylation is 1. The second-order valence-corrected chi connectivity index (χ2v) is 4.76. The van der Waals surface area contributed by atoms with Crippen molar-refractivity contribution in [3.05, 3.63) is 47.4 Å². The smallest absolute Gasteiger partial charge is 0.422 e. The molecule has 128 valence electrons. The molecule has 0 atom stereocenters. The van der Waals surface area contributed by atoms with Crippen molar-refractivity contribution in [2.75, 3.05) is 6.61 Å². The van der Waals surface area contributed by atoms with Crippen LogP contribution in [0.3, 0.4) is 0 Å². The summed E-state index contributed by atoms with van der Waals surface area (Å²) in [6.45, 7) is -0.0250. The summed E-state index contributed by atoms with van der Waals surface area (Å²) in [4.78, 5) is 23.0. The molecule has 0 aromatic carbocycles. The maximum absolute atomic E-state index is 13.6. The van der Waals surface area contributed by atoms with Crippen LogP contribution in [0.2, 0.25) is 0 Å². The van der Waals surface area contributed by atoms with E-state index in [1.165, 1.54) is 12.4 Å². The molecule has 0 spiro atoms. The normalized spacial score (nSPS) is 11.2. The number of nitrogens with zero attached hydrogens (tertiary/aromatic N) is 3. The topological polar surface area (TPSA) is 77.0 Å². The molecule has 2 heterocycles. The molecular weight excluding hydrogens is 332 g/mol. The molecule has 0 unspecified atom stereocenters. The van der Waals surface area contributed by atoms with Gasteiger partial charge in [0, 0.05) is 18.4 Å². The van der Waals surface area contributed by atoms with E-state index in [1.807, 2.05) is 0 Å². The summed E-state index contributed by atoms with van der Waals surface area (Å²) in [5.41, 5.74) is 1.00. The summed E-state index contributed by atoms with van der Waals surface area (Å²) in [6, 6.07) is 2.41. The predicted molar refractivity (Wildman–Crippen MR) is 73.7 cm³/mol. The molecule has 2 aromatic heterocycles. The fraction of sp³-hybridized carbons (Fsp3) is 0.286. The summed E-state index contributed by atoms with van der Waals surface area (Å²) >= 11 is 0. The second-order valence-electron chi connectivity index (χ2n) is 4.76. The highest BCUT2D eigenvalue weighted by atomic mass is 19.4. The van der Waals surface area contributed by atoms with Crippen LogP contribution in [-0.4, -0.2) is 33.6 Å². The average molecular weight is 344 g/mol. The third-order valence-corrected chi connectivity index (χ3v) is 2.73. The predicted octanol–water partition coefficient (Wildman–Crippen LogP) is 2.19. The number of pyridine rings is 1. The number of hydrogen-bond donors (Lipinski definition) is 1. The third kappa shape index (κ3) is 5.14. The van der Waals surface area contributed by atoms with Gasteiger partial charge in [0.15, 0.2) is 12.4 Å². The van der Waals surface area contributed by atoms with E-state index in [4.69, 9.17) is 0 Å². The lowest BCUT2D eigenvalue weighted by atomic mass is 10.2. The zero-order valence-electron chi connectivity index (χ0n) is 12.4. The van der Waals surface area contributed by atoms with E-state index < -0.39 is 30.4 Å². The fourth-order valence-corrected chi connectivity index (χ4v) is 1.67. The Hall–Kier alpha value is -2.78. The van der Waals surface area contributed by atoms with E-state index >= 15 is 0 Å². The van der Waals surface area contributed by atoms with Crippen LogP contribution in [0.4, 0.5) is 17.6 Å². The Morgan fingerprint density at radius 3 is 2.62 bits per heavy atom. The molecule has 6 nitrogen and oxygen atoms in total. The van der Waals surface area contributed by atoms with Gasteiger partial charge < -0.3 is 10.1 Å². The summed E-state index contributed by atoms with van der Waals surface area (Å²) in [6.07, 6.45) is -2.24. The number of rotatable bonds is 5. The molecular formula is C14H12F4N4O2. The molecule has 0 aliphatic carbocycles. The molecule has 0 saturated heterocycles. The minimum Gasteiger partial charge on any atom is -0.466 e. The molecule has 1 amide bonds. The second kappa shape index (κ2) is 7.20. The van der Waals surface area contributed by atoms with E-state index in [9.17, 15) is 22.4 Å². The maximum atomic E-state index is 13.6. The van der Waals surface area contributed by atoms with Crippen molar-refractivity contribution in [1.82, 2.24) is 20.3 Å². The maximum Gasteiger partial charge on any atom is 0.422 e. The highest BCUT2D eigenvalue weighted by Gasteiger charge is 2.29. The van der Waals surface area contributed by atoms with Crippen LogP contribution in [0.25, 0.3) is 0 Å². The van der Waals surface area contributed by atoms with Crippen LogP contribution in [0.5, 0.6) is 5.88 Å². The van der Waals surface area contributed by atoms with Gasteiger partial charge in [0.2, 0.25) is 0 Å². The molecule has 2 rings (SSSR count). The van der Waals surface area contributed by atoms with Gasteiger partial charge in [-0.25, -0.2) is 19.3 Å². The van der Waals surface area contributed by atoms with Gasteiger partial charge in [0.1, 0.15) is 12.0 Å². The number of amides is 1. The first-order valence-corrected chi connectivity index (χ1v) is 6.65. The highest BCUT2D eigenvalue weighted by Crippen LogP contribution is 2.19. The summed E-state index contributed by atoms with van der Waals surface area (Å²) in [7, 11) is 0. The Morgan fingerprint density at radius 1 is 1.25 bits per heavy atom. The van der Waals surface area contributed by atoms with Crippen molar-refractivity contribution in [3.63, 3.8) is 0 Å². The van der Waals surface area contributed by atoms with Crippen LogP contribution in [-0.2, 0) is 6.54 Å². The van der Waals surface area contributed by atoms with Gasteiger partial charge in [0.05, 0.1) is 0 Å². The zero-order valence-corrected chi connectivity index (χ0v) is 12.4. The zero-order chi connectivity index (χ0) is 17.7. The summed E-state index contributed by atoms with van der Waals surface area (Å²) in [5, 5.41) is 2.49. The highest BCUT2D eigenvalue weighted by molar-refractivity contribution is 5.92. The van der Waals surface area contributed by atoms with Gasteiger partial charge in [0.25, 0.3) is 11.8 Å². The van der Waals surface area contributed by atoms with Gasteiger partial charge in [-0.1, -0.05) is 0 Å². The molecule has 0 aliphatic heterocycles. The molecule has 0 bridgehead atoms. The van der Waals surface area contributed by atoms with Crippen molar-refractivity contribution in [3.8, 4) is 5.88 Å². The Labute approximate surface area is 133 Å². The number of ether oxygens (including phenoxy) is 1. The first kappa shape index (κ1) is 17.6. The Kier molecular flexibility index (Phi) is 5.27. The van der Waals surface area contributed by atoms with Crippen LogP contribution >= 0.6 is 0 Å². The van der Waals surface area contributed by atoms with Gasteiger partial charge in [-0.15, -0.1) is 0 Å². The first-order valence-electron chi connectivity index (χ1n) is 6.65. The minimum atomic E-state index is -4.59. The molecule has 2 aromatic rings. The Bertz CT molecular complexity index is 737. The molecule has 0 radical (unpaired) electrons. The average Bonchev–Trinajstić information content (AvgIpc) is 2.50. The number of carbonyl (C=O) groups is 1. The molecule has 24 heavy (non-hydrogen) atoms. The van der Waals surface area contributed by atoms with E-state index in [0.717, 1.165) is 12.3 Å². The van der Waals surface area contributed by atoms with Gasteiger partial charge in [-0.3, -0.25) is 4.79 Å². The standard InChI is InChI=1S/C14H12F4N4O2/c1-8-2-11(22-7-21-8)12(23)19-4-9-3-10(15)13(20-5-9)24-6-14(16,17)18/h2-3,5,7H,4,6H2,1H3,(H,19,23). The van der Waals surface area contributed by atoms with Crippen molar-refractivity contribution in [1.29, 1.82) is 0 Å². The number of aromatic nitrogens is 3. The molecule has 1 N–H and O–H groups in total. The minimum absolute atomic E-state index is 0.0780. The number of alkyl halides is 3. The lowest BCUT2D eigenvalue weighted by Gasteiger charge is -2.10. The molecule has 0 fully saturated rings. The van der Waals surface area contributed by atoms with Crippen molar-refractivity contribution < 1.29 is 27.1 Å². The molecule has 0 aliphatic rings. The molecule has 0 saturated carbocycles. The monoisotopic (exact) mass is 344 g/mol. The number of nitrogens with one attached hydrogen (secondary N) is 1. The van der Waals surface area contributed by atoms with E-state index in [2.05, 4.69) is 25.0 Å². The number of hydrogen-bond acceptors (Lipinski definition) is 5. The lowest BCUT2D eigenvalue weighted by molar-refractivity contribution is -0.154. The van der Waals surface area contributed by atoms with Gasteiger partial charge >= 0.3 is 6.18 Å². The SMILES string of the molecule is Cc1cc(C(=O)NCc2cnc(OCC(F)(F)F)c(F)c2)ncn1. The quantitative estimate of drug-likeness (QED) is 0.842. The fourth-order valence-electron chi connectivity index (χ4n) is 1.67. The summed E-state index contributed by atoms with van der Waals surface area (Å²) in [5.74, 6) is -2.31.